The molecule has 436 valence electrons. The van der Waals surface area contributed by atoms with Crippen molar-refractivity contribution in [2.45, 2.75) is 284 Å². The first-order valence-electron chi connectivity index (χ1n) is 31.7. The van der Waals surface area contributed by atoms with Crippen LogP contribution in [0.1, 0.15) is 278 Å². The molecule has 1 atom stereocenters. The van der Waals surface area contributed by atoms with Gasteiger partial charge in [0.2, 0.25) is 0 Å². The molecule has 77 heavy (non-hydrogen) atoms. The first-order chi connectivity index (χ1) is 38.0. The lowest BCUT2D eigenvalue weighted by molar-refractivity contribution is -0.167. The first kappa shape index (κ1) is 72.5. The van der Waals surface area contributed by atoms with E-state index in [0.717, 1.165) is 122 Å². The summed E-state index contributed by atoms with van der Waals surface area (Å²) in [5.41, 5.74) is 0. The summed E-state index contributed by atoms with van der Waals surface area (Å²) in [7, 11) is 0. The highest BCUT2D eigenvalue weighted by atomic mass is 16.6. The molecule has 0 fully saturated rings. The normalized spacial score (nSPS) is 13.0. The summed E-state index contributed by atoms with van der Waals surface area (Å²) in [5.74, 6) is -0.960. The van der Waals surface area contributed by atoms with E-state index in [0.29, 0.717) is 25.7 Å². The van der Waals surface area contributed by atoms with Crippen LogP contribution in [-0.4, -0.2) is 37.2 Å². The van der Waals surface area contributed by atoms with Crippen LogP contribution in [0.15, 0.2) is 134 Å². The standard InChI is InChI=1S/C71H116O6/c1-4-7-10-13-16-19-22-24-26-28-30-32-33-34-35-36-37-39-40-42-44-46-49-52-55-58-61-64-70(73)76-67-68(66-75-69(72)63-60-57-54-51-48-21-18-15-12-9-6-3)77-71(74)65-62-59-56-53-50-47-45-43-41-38-31-29-27-25-23-20-17-14-11-8-5-2/h7,10,15-16,18-19,23-26,29-32,34-35,37,39,42,44,49,52,68H,4-6,8-9,11-14,17,20-22,27-28,33,36,38,40-41,43,45-48,50-51,53-67H2,1-3H3/b10-7-,18-15-,19-16-,25-23-,26-24-,31-29-,32-30-,35-34-,39-37-,44-42-,52-49-. The molecule has 0 rings (SSSR count). The van der Waals surface area contributed by atoms with Crippen molar-refractivity contribution in [2.75, 3.05) is 13.2 Å². The van der Waals surface area contributed by atoms with E-state index in [4.69, 9.17) is 14.2 Å². The fourth-order valence-electron chi connectivity index (χ4n) is 8.35. The van der Waals surface area contributed by atoms with Crippen molar-refractivity contribution in [1.82, 2.24) is 0 Å². The van der Waals surface area contributed by atoms with Gasteiger partial charge >= 0.3 is 17.9 Å². The maximum absolute atomic E-state index is 12.9. The number of carbonyl (C=O) groups excluding carboxylic acids is 3. The smallest absolute Gasteiger partial charge is 0.306 e. The zero-order chi connectivity index (χ0) is 55.7. The lowest BCUT2D eigenvalue weighted by Crippen LogP contribution is -2.30. The van der Waals surface area contributed by atoms with Crippen LogP contribution in [-0.2, 0) is 28.6 Å². The van der Waals surface area contributed by atoms with Crippen molar-refractivity contribution < 1.29 is 28.6 Å². The maximum atomic E-state index is 12.9. The summed E-state index contributed by atoms with van der Waals surface area (Å²) >= 11 is 0. The van der Waals surface area contributed by atoms with Gasteiger partial charge in [-0.25, -0.2) is 0 Å². The highest BCUT2D eigenvalue weighted by Gasteiger charge is 2.19. The average molecular weight is 1070 g/mol. The van der Waals surface area contributed by atoms with Crippen LogP contribution in [0.3, 0.4) is 0 Å². The van der Waals surface area contributed by atoms with Crippen molar-refractivity contribution in [2.24, 2.45) is 0 Å². The predicted octanol–water partition coefficient (Wildman–Crippen LogP) is 21.8. The number of hydrogen-bond donors (Lipinski definition) is 0. The van der Waals surface area contributed by atoms with Gasteiger partial charge in [-0.3, -0.25) is 14.4 Å². The van der Waals surface area contributed by atoms with Gasteiger partial charge in [0, 0.05) is 19.3 Å². The Kier molecular flexibility index (Phi) is 60.4. The Morgan fingerprint density at radius 2 is 0.519 bits per heavy atom. The van der Waals surface area contributed by atoms with E-state index in [-0.39, 0.29) is 31.1 Å². The molecule has 6 nitrogen and oxygen atoms in total. The highest BCUT2D eigenvalue weighted by Crippen LogP contribution is 2.14. The maximum Gasteiger partial charge on any atom is 0.306 e. The van der Waals surface area contributed by atoms with Crippen LogP contribution in [0, 0.1) is 0 Å². The number of rotatable bonds is 56. The second kappa shape index (κ2) is 64.1. The number of hydrogen-bond acceptors (Lipinski definition) is 6. The number of allylic oxidation sites excluding steroid dienone is 22. The molecule has 0 aromatic rings. The third kappa shape index (κ3) is 62.3. The van der Waals surface area contributed by atoms with Crippen LogP contribution < -0.4 is 0 Å². The SMILES string of the molecule is CC/C=C\C/C=C\C/C=C\C/C=C\C/C=C\C/C=C\C/C=C\C/C=C\CCCCC(=O)OCC(COC(=O)CCCCCCC/C=C\CCCC)OC(=O)CCCCCCCCCCC/C=C\C/C=C\CCCCCCC. The van der Waals surface area contributed by atoms with Gasteiger partial charge in [0.25, 0.3) is 0 Å². The van der Waals surface area contributed by atoms with Crippen molar-refractivity contribution in [3.8, 4) is 0 Å². The van der Waals surface area contributed by atoms with E-state index in [1.807, 2.05) is 0 Å². The summed E-state index contributed by atoms with van der Waals surface area (Å²) in [6.45, 7) is 6.43. The quantitative estimate of drug-likeness (QED) is 0.0261. The summed E-state index contributed by atoms with van der Waals surface area (Å²) in [5, 5.41) is 0. The Labute approximate surface area is 475 Å². The lowest BCUT2D eigenvalue weighted by atomic mass is 10.1. The van der Waals surface area contributed by atoms with Crippen molar-refractivity contribution >= 4 is 17.9 Å². The van der Waals surface area contributed by atoms with Crippen LogP contribution >= 0.6 is 0 Å². The van der Waals surface area contributed by atoms with E-state index >= 15 is 0 Å². The molecule has 0 aromatic carbocycles. The van der Waals surface area contributed by atoms with E-state index in [1.54, 1.807) is 0 Å². The van der Waals surface area contributed by atoms with Gasteiger partial charge in [0.05, 0.1) is 0 Å². The molecule has 0 radical (unpaired) electrons. The van der Waals surface area contributed by atoms with Crippen molar-refractivity contribution in [1.29, 1.82) is 0 Å². The molecule has 0 aliphatic rings. The minimum absolute atomic E-state index is 0.101. The van der Waals surface area contributed by atoms with Gasteiger partial charge in [0.15, 0.2) is 6.10 Å². The molecule has 0 N–H and O–H groups in total. The van der Waals surface area contributed by atoms with Crippen LogP contribution in [0.25, 0.3) is 0 Å². The van der Waals surface area contributed by atoms with Crippen LogP contribution in [0.5, 0.6) is 0 Å². The molecular formula is C71H116O6. The third-order valence-corrected chi connectivity index (χ3v) is 13.1. The lowest BCUT2D eigenvalue weighted by Gasteiger charge is -2.18. The molecule has 1 unspecified atom stereocenters. The zero-order valence-electron chi connectivity index (χ0n) is 49.9. The highest BCUT2D eigenvalue weighted by molar-refractivity contribution is 5.71. The van der Waals surface area contributed by atoms with Gasteiger partial charge in [0.1, 0.15) is 13.2 Å². The Bertz CT molecular complexity index is 1650. The monoisotopic (exact) mass is 1060 g/mol. The largest absolute Gasteiger partial charge is 0.462 e. The van der Waals surface area contributed by atoms with Crippen LogP contribution in [0.4, 0.5) is 0 Å². The average Bonchev–Trinajstić information content (AvgIpc) is 3.43. The molecule has 0 saturated carbocycles. The molecule has 0 aromatic heterocycles. The summed E-state index contributed by atoms with van der Waals surface area (Å²) in [4.78, 5) is 38.2. The van der Waals surface area contributed by atoms with Crippen molar-refractivity contribution in [3.63, 3.8) is 0 Å². The predicted molar refractivity (Wildman–Crippen MR) is 334 cm³/mol. The third-order valence-electron chi connectivity index (χ3n) is 13.1. The molecule has 0 saturated heterocycles. The second-order valence-electron chi connectivity index (χ2n) is 20.6. The molecule has 0 bridgehead atoms. The molecule has 0 aliphatic carbocycles. The fraction of sp³-hybridized carbons (Fsp3) is 0.648. The van der Waals surface area contributed by atoms with E-state index in [2.05, 4.69) is 154 Å². The van der Waals surface area contributed by atoms with E-state index in [1.165, 1.54) is 109 Å². The number of esters is 3. The number of ether oxygens (including phenoxy) is 3. The molecule has 0 heterocycles. The Morgan fingerprint density at radius 3 is 0.870 bits per heavy atom. The Hall–Kier alpha value is -4.45. The van der Waals surface area contributed by atoms with Crippen LogP contribution in [0.2, 0.25) is 0 Å². The molecular weight excluding hydrogens is 949 g/mol. The Balaban J connectivity index is 4.41. The number of carbonyl (C=O) groups is 3. The summed E-state index contributed by atoms with van der Waals surface area (Å²) in [6, 6.07) is 0. The van der Waals surface area contributed by atoms with E-state index in [9.17, 15) is 14.4 Å². The summed E-state index contributed by atoms with van der Waals surface area (Å²) < 4.78 is 16.8. The van der Waals surface area contributed by atoms with Gasteiger partial charge in [-0.15, -0.1) is 0 Å². The minimum Gasteiger partial charge on any atom is -0.462 e. The first-order valence-corrected chi connectivity index (χ1v) is 31.7. The zero-order valence-corrected chi connectivity index (χ0v) is 49.9. The van der Waals surface area contributed by atoms with Gasteiger partial charge in [-0.1, -0.05) is 257 Å². The molecule has 0 amide bonds. The summed E-state index contributed by atoms with van der Waals surface area (Å²) in [6.07, 6.45) is 90.3. The topological polar surface area (TPSA) is 78.9 Å². The molecule has 0 spiro atoms. The second-order valence-corrected chi connectivity index (χ2v) is 20.6. The van der Waals surface area contributed by atoms with Gasteiger partial charge in [-0.2, -0.15) is 0 Å². The Morgan fingerprint density at radius 1 is 0.273 bits per heavy atom. The van der Waals surface area contributed by atoms with Crippen molar-refractivity contribution in [3.05, 3.63) is 134 Å². The molecule has 6 heteroatoms. The number of unbranched alkanes of at least 4 members (excludes halogenated alkanes) is 23. The van der Waals surface area contributed by atoms with E-state index < -0.39 is 6.10 Å². The van der Waals surface area contributed by atoms with Gasteiger partial charge < -0.3 is 14.2 Å². The fourth-order valence-corrected chi connectivity index (χ4v) is 8.35. The molecule has 0 aliphatic heterocycles. The van der Waals surface area contributed by atoms with Gasteiger partial charge in [-0.05, 0) is 135 Å². The minimum atomic E-state index is -0.807.